The van der Waals surface area contributed by atoms with Crippen molar-refractivity contribution < 1.29 is 0 Å². The van der Waals surface area contributed by atoms with Crippen molar-refractivity contribution in [3.8, 4) is 6.07 Å². The van der Waals surface area contributed by atoms with Crippen LogP contribution in [0.1, 0.15) is 27.8 Å². The lowest BCUT2D eigenvalue weighted by Crippen LogP contribution is -1.99. The Morgan fingerprint density at radius 1 is 0.895 bits per heavy atom. The summed E-state index contributed by atoms with van der Waals surface area (Å²) in [7, 11) is 0. The van der Waals surface area contributed by atoms with Gasteiger partial charge in [-0.15, -0.1) is 0 Å². The Morgan fingerprint density at radius 2 is 1.53 bits per heavy atom. The highest BCUT2D eigenvalue weighted by Crippen LogP contribution is 2.28. The second-order valence-corrected chi connectivity index (χ2v) is 5.06. The van der Waals surface area contributed by atoms with E-state index >= 15 is 0 Å². The average Bonchev–Trinajstić information content (AvgIpc) is 2.34. The largest absolute Gasteiger partial charge is 0.354 e. The fourth-order valence-corrected chi connectivity index (χ4v) is 2.37. The Hall–Kier alpha value is -2.27. The van der Waals surface area contributed by atoms with Gasteiger partial charge in [0.2, 0.25) is 0 Å². The maximum atomic E-state index is 9.18. The van der Waals surface area contributed by atoms with Crippen LogP contribution in [0.3, 0.4) is 0 Å². The molecule has 1 N–H and O–H groups in total. The van der Waals surface area contributed by atoms with E-state index in [1.165, 1.54) is 16.7 Å². The van der Waals surface area contributed by atoms with Gasteiger partial charge < -0.3 is 5.32 Å². The molecule has 0 spiro atoms. The van der Waals surface area contributed by atoms with Crippen molar-refractivity contribution >= 4 is 11.4 Å². The summed E-state index contributed by atoms with van der Waals surface area (Å²) in [6.07, 6.45) is 0. The van der Waals surface area contributed by atoms with Gasteiger partial charge in [0.05, 0.1) is 11.3 Å². The maximum Gasteiger partial charge on any atom is 0.101 e. The van der Waals surface area contributed by atoms with Crippen LogP contribution in [0.2, 0.25) is 0 Å². The van der Waals surface area contributed by atoms with Crippen LogP contribution < -0.4 is 5.32 Å². The van der Waals surface area contributed by atoms with Gasteiger partial charge >= 0.3 is 0 Å². The van der Waals surface area contributed by atoms with Crippen molar-refractivity contribution in [2.45, 2.75) is 27.7 Å². The van der Waals surface area contributed by atoms with Gasteiger partial charge in [-0.3, -0.25) is 0 Å². The molecular weight excluding hydrogens is 232 g/mol. The van der Waals surface area contributed by atoms with E-state index in [0.717, 1.165) is 16.9 Å². The van der Waals surface area contributed by atoms with Crippen LogP contribution in [0, 0.1) is 39.0 Å². The third-order valence-corrected chi connectivity index (χ3v) is 3.23. The third-order valence-electron chi connectivity index (χ3n) is 3.23. The highest BCUT2D eigenvalue weighted by molar-refractivity contribution is 5.71. The lowest BCUT2D eigenvalue weighted by Gasteiger charge is -2.15. The van der Waals surface area contributed by atoms with Crippen LogP contribution in [0.25, 0.3) is 0 Å². The number of aryl methyl sites for hydroxylation is 4. The van der Waals surface area contributed by atoms with Crippen molar-refractivity contribution in [2.75, 3.05) is 5.32 Å². The number of hydrogen-bond donors (Lipinski definition) is 1. The summed E-state index contributed by atoms with van der Waals surface area (Å²) in [5, 5.41) is 12.6. The zero-order chi connectivity index (χ0) is 14.0. The molecule has 0 heterocycles. The van der Waals surface area contributed by atoms with E-state index in [0.29, 0.717) is 5.56 Å². The van der Waals surface area contributed by atoms with E-state index in [-0.39, 0.29) is 0 Å². The van der Waals surface area contributed by atoms with E-state index in [9.17, 15) is 5.26 Å². The van der Waals surface area contributed by atoms with Crippen molar-refractivity contribution in [3.05, 3.63) is 58.1 Å². The van der Waals surface area contributed by atoms with Gasteiger partial charge in [0, 0.05) is 5.69 Å². The first kappa shape index (κ1) is 13.2. The van der Waals surface area contributed by atoms with E-state index in [1.807, 2.05) is 25.1 Å². The van der Waals surface area contributed by atoms with Crippen molar-refractivity contribution in [2.24, 2.45) is 0 Å². The molecular formula is C17H18N2. The second kappa shape index (κ2) is 5.16. The summed E-state index contributed by atoms with van der Waals surface area (Å²) in [5.74, 6) is 0. The average molecular weight is 250 g/mol. The van der Waals surface area contributed by atoms with E-state index in [4.69, 9.17) is 0 Å². The fraction of sp³-hybridized carbons (Fsp3) is 0.235. The van der Waals surface area contributed by atoms with Crippen molar-refractivity contribution in [3.63, 3.8) is 0 Å². The first-order chi connectivity index (χ1) is 9.01. The van der Waals surface area contributed by atoms with E-state index in [2.05, 4.69) is 44.3 Å². The maximum absolute atomic E-state index is 9.18. The summed E-state index contributed by atoms with van der Waals surface area (Å²) in [6, 6.07) is 12.4. The molecule has 0 aromatic heterocycles. The minimum Gasteiger partial charge on any atom is -0.354 e. The number of nitrogens with zero attached hydrogens (tertiary/aromatic N) is 1. The molecule has 0 atom stereocenters. The fourth-order valence-electron chi connectivity index (χ4n) is 2.37. The molecule has 0 aliphatic rings. The van der Waals surface area contributed by atoms with Crippen molar-refractivity contribution in [1.29, 1.82) is 5.26 Å². The number of rotatable bonds is 2. The summed E-state index contributed by atoms with van der Waals surface area (Å²) >= 11 is 0. The van der Waals surface area contributed by atoms with Crippen LogP contribution in [0.4, 0.5) is 11.4 Å². The third kappa shape index (κ3) is 2.77. The Bertz CT molecular complexity index is 640. The molecule has 2 aromatic carbocycles. The second-order valence-electron chi connectivity index (χ2n) is 5.06. The molecule has 0 aliphatic heterocycles. The molecule has 2 aromatic rings. The molecule has 19 heavy (non-hydrogen) atoms. The number of hydrogen-bond acceptors (Lipinski definition) is 2. The first-order valence-corrected chi connectivity index (χ1v) is 6.37. The van der Waals surface area contributed by atoms with Gasteiger partial charge in [0.1, 0.15) is 6.07 Å². The van der Waals surface area contributed by atoms with Crippen LogP contribution in [0.5, 0.6) is 0 Å². The van der Waals surface area contributed by atoms with Crippen LogP contribution >= 0.6 is 0 Å². The Kier molecular flexibility index (Phi) is 3.57. The summed E-state index contributed by atoms with van der Waals surface area (Å²) in [6.45, 7) is 8.30. The summed E-state index contributed by atoms with van der Waals surface area (Å²) < 4.78 is 0. The first-order valence-electron chi connectivity index (χ1n) is 6.37. The van der Waals surface area contributed by atoms with Gasteiger partial charge in [-0.05, 0) is 56.5 Å². The topological polar surface area (TPSA) is 35.8 Å². The molecule has 2 heteroatoms. The standard InChI is InChI=1S/C17H18N2/c1-11-5-6-15(10-18)16(9-11)19-17-13(3)7-12(2)8-14(17)4/h5-9,19H,1-4H3. The molecule has 0 bridgehead atoms. The molecule has 96 valence electrons. The Morgan fingerprint density at radius 3 is 2.11 bits per heavy atom. The van der Waals surface area contributed by atoms with Gasteiger partial charge in [0.25, 0.3) is 0 Å². The SMILES string of the molecule is Cc1cc(C)c(Nc2cc(C)ccc2C#N)c(C)c1. The summed E-state index contributed by atoms with van der Waals surface area (Å²) in [5.41, 5.74) is 7.43. The smallest absolute Gasteiger partial charge is 0.101 e. The van der Waals surface area contributed by atoms with Crippen LogP contribution in [0.15, 0.2) is 30.3 Å². The number of nitrogens with one attached hydrogen (secondary N) is 1. The normalized spacial score (nSPS) is 10.1. The van der Waals surface area contributed by atoms with Gasteiger partial charge in [-0.2, -0.15) is 5.26 Å². The molecule has 0 aliphatic carbocycles. The van der Waals surface area contributed by atoms with Crippen molar-refractivity contribution in [1.82, 2.24) is 0 Å². The predicted octanol–water partition coefficient (Wildman–Crippen LogP) is 4.54. The quantitative estimate of drug-likeness (QED) is 0.849. The number of anilines is 2. The highest BCUT2D eigenvalue weighted by atomic mass is 14.9. The molecule has 2 rings (SSSR count). The van der Waals surface area contributed by atoms with Gasteiger partial charge in [-0.1, -0.05) is 23.8 Å². The minimum absolute atomic E-state index is 0.671. The molecule has 0 unspecified atom stereocenters. The Balaban J connectivity index is 2.48. The monoisotopic (exact) mass is 250 g/mol. The lowest BCUT2D eigenvalue weighted by molar-refractivity contribution is 1.30. The zero-order valence-electron chi connectivity index (χ0n) is 11.8. The molecule has 2 nitrogen and oxygen atoms in total. The predicted molar refractivity (Wildman–Crippen MR) is 79.8 cm³/mol. The van der Waals surface area contributed by atoms with Gasteiger partial charge in [0.15, 0.2) is 0 Å². The minimum atomic E-state index is 0.671. The molecule has 0 saturated carbocycles. The summed E-state index contributed by atoms with van der Waals surface area (Å²) in [4.78, 5) is 0. The number of nitriles is 1. The van der Waals surface area contributed by atoms with Gasteiger partial charge in [-0.25, -0.2) is 0 Å². The van der Waals surface area contributed by atoms with Crippen LogP contribution in [-0.2, 0) is 0 Å². The van der Waals surface area contributed by atoms with Crippen LogP contribution in [-0.4, -0.2) is 0 Å². The molecule has 0 saturated heterocycles. The molecule has 0 radical (unpaired) electrons. The number of benzene rings is 2. The lowest BCUT2D eigenvalue weighted by atomic mass is 10.0. The highest BCUT2D eigenvalue weighted by Gasteiger charge is 2.07. The molecule has 0 fully saturated rings. The molecule has 0 amide bonds. The zero-order valence-corrected chi connectivity index (χ0v) is 11.8. The van der Waals surface area contributed by atoms with E-state index < -0.39 is 0 Å². The Labute approximate surface area is 114 Å². The van der Waals surface area contributed by atoms with E-state index in [1.54, 1.807) is 0 Å².